The van der Waals surface area contributed by atoms with Crippen LogP contribution >= 0.6 is 11.6 Å². The first-order valence-corrected chi connectivity index (χ1v) is 8.94. The number of halogens is 4. The van der Waals surface area contributed by atoms with Crippen LogP contribution in [-0.4, -0.2) is 43.6 Å². The molecule has 0 atom stereocenters. The van der Waals surface area contributed by atoms with Gasteiger partial charge in [-0.25, -0.2) is 4.79 Å². The summed E-state index contributed by atoms with van der Waals surface area (Å²) in [5, 5.41) is 2.31. The zero-order valence-electron chi connectivity index (χ0n) is 15.3. The number of carbonyl (C=O) groups excluding carboxylic acids is 2. The average Bonchev–Trinajstić information content (AvgIpc) is 3.03. The summed E-state index contributed by atoms with van der Waals surface area (Å²) in [4.78, 5) is 27.7. The van der Waals surface area contributed by atoms with Crippen LogP contribution in [0.15, 0.2) is 42.5 Å². The molecule has 29 heavy (non-hydrogen) atoms. The van der Waals surface area contributed by atoms with Crippen LogP contribution in [0.3, 0.4) is 0 Å². The van der Waals surface area contributed by atoms with Gasteiger partial charge in [-0.3, -0.25) is 9.69 Å². The molecule has 0 saturated carbocycles. The Morgan fingerprint density at radius 2 is 1.86 bits per heavy atom. The number of carbonyl (C=O) groups is 2. The molecule has 0 radical (unpaired) electrons. The number of benzene rings is 2. The summed E-state index contributed by atoms with van der Waals surface area (Å²) in [7, 11) is 1.53. The van der Waals surface area contributed by atoms with Crippen molar-refractivity contribution in [2.75, 3.05) is 37.0 Å². The first-order valence-electron chi connectivity index (χ1n) is 8.56. The number of nitrogens with zero attached hydrogens (tertiary/aromatic N) is 2. The molecule has 0 aromatic heterocycles. The van der Waals surface area contributed by atoms with Crippen molar-refractivity contribution < 1.29 is 27.5 Å². The number of hydrogen-bond donors (Lipinski definition) is 1. The van der Waals surface area contributed by atoms with E-state index in [0.717, 1.165) is 18.2 Å². The summed E-state index contributed by atoms with van der Waals surface area (Å²) in [5.74, 6) is 0.00533. The summed E-state index contributed by atoms with van der Waals surface area (Å²) < 4.78 is 43.6. The summed E-state index contributed by atoms with van der Waals surface area (Å²) >= 11 is 5.88. The fraction of sp³-hybridized carbons (Fsp3) is 0.263. The number of alkyl halides is 3. The fourth-order valence-corrected chi connectivity index (χ4v) is 3.06. The maximum absolute atomic E-state index is 12.8. The zero-order valence-corrected chi connectivity index (χ0v) is 16.0. The molecule has 3 rings (SSSR count). The first-order chi connectivity index (χ1) is 13.7. The molecule has 6 nitrogen and oxygen atoms in total. The minimum atomic E-state index is -4.56. The van der Waals surface area contributed by atoms with Crippen molar-refractivity contribution in [3.05, 3.63) is 53.1 Å². The highest BCUT2D eigenvalue weighted by atomic mass is 35.5. The minimum absolute atomic E-state index is 0.0287. The normalized spacial score (nSPS) is 14.3. The molecule has 0 unspecified atom stereocenters. The molecule has 1 aliphatic heterocycles. The van der Waals surface area contributed by atoms with Gasteiger partial charge in [-0.1, -0.05) is 11.6 Å². The van der Waals surface area contributed by atoms with Gasteiger partial charge in [0.05, 0.1) is 23.4 Å². The number of methoxy groups -OCH3 is 1. The van der Waals surface area contributed by atoms with E-state index in [9.17, 15) is 22.8 Å². The van der Waals surface area contributed by atoms with Crippen molar-refractivity contribution in [1.29, 1.82) is 0 Å². The molecule has 1 aliphatic rings. The Kier molecular flexibility index (Phi) is 5.88. The van der Waals surface area contributed by atoms with Crippen LogP contribution < -0.4 is 15.0 Å². The van der Waals surface area contributed by atoms with Crippen molar-refractivity contribution in [1.82, 2.24) is 4.90 Å². The van der Waals surface area contributed by atoms with E-state index in [1.54, 1.807) is 24.3 Å². The van der Waals surface area contributed by atoms with Crippen LogP contribution in [0.1, 0.15) is 5.56 Å². The van der Waals surface area contributed by atoms with Gasteiger partial charge >= 0.3 is 12.2 Å². The van der Waals surface area contributed by atoms with E-state index >= 15 is 0 Å². The number of hydrogen-bond acceptors (Lipinski definition) is 3. The van der Waals surface area contributed by atoms with Crippen molar-refractivity contribution in [2.45, 2.75) is 6.18 Å². The molecule has 0 bridgehead atoms. The lowest BCUT2D eigenvalue weighted by Gasteiger charge is -2.19. The second-order valence-electron chi connectivity index (χ2n) is 6.29. The number of anilines is 2. The van der Waals surface area contributed by atoms with E-state index in [1.807, 2.05) is 0 Å². The van der Waals surface area contributed by atoms with Crippen LogP contribution in [-0.2, 0) is 11.0 Å². The van der Waals surface area contributed by atoms with E-state index in [0.29, 0.717) is 24.5 Å². The highest BCUT2D eigenvalue weighted by molar-refractivity contribution is 6.33. The SMILES string of the molecule is COc1ccc(N2CCN(CC(=O)Nc3cc(C(F)(F)F)ccc3Cl)C2=O)cc1. The van der Waals surface area contributed by atoms with Gasteiger partial charge in [0, 0.05) is 18.8 Å². The molecule has 2 aromatic carbocycles. The fourth-order valence-electron chi connectivity index (χ4n) is 2.89. The molecular formula is C19H17ClF3N3O3. The summed E-state index contributed by atoms with van der Waals surface area (Å²) in [6, 6.07) is 9.16. The zero-order chi connectivity index (χ0) is 21.2. The van der Waals surface area contributed by atoms with Crippen LogP contribution in [0.5, 0.6) is 5.75 Å². The third kappa shape index (κ3) is 4.73. The lowest BCUT2D eigenvalue weighted by molar-refractivity contribution is -0.137. The molecule has 2 aromatic rings. The monoisotopic (exact) mass is 427 g/mol. The summed E-state index contributed by atoms with van der Waals surface area (Å²) in [6.07, 6.45) is -4.56. The minimum Gasteiger partial charge on any atom is -0.497 e. The predicted octanol–water partition coefficient (Wildman–Crippen LogP) is 4.25. The Bertz CT molecular complexity index is 919. The Hall–Kier alpha value is -2.94. The van der Waals surface area contributed by atoms with Gasteiger partial charge in [0.15, 0.2) is 0 Å². The number of rotatable bonds is 5. The van der Waals surface area contributed by atoms with Crippen molar-refractivity contribution in [3.8, 4) is 5.75 Å². The molecule has 1 saturated heterocycles. The number of amides is 3. The largest absolute Gasteiger partial charge is 0.497 e. The average molecular weight is 428 g/mol. The van der Waals surface area contributed by atoms with Crippen LogP contribution in [0.2, 0.25) is 5.02 Å². The van der Waals surface area contributed by atoms with Gasteiger partial charge < -0.3 is 15.0 Å². The summed E-state index contributed by atoms with van der Waals surface area (Å²) in [5.41, 5.74) is -0.440. The van der Waals surface area contributed by atoms with Crippen molar-refractivity contribution in [2.24, 2.45) is 0 Å². The van der Waals surface area contributed by atoms with Crippen LogP contribution in [0.25, 0.3) is 0 Å². The topological polar surface area (TPSA) is 61.9 Å². The Balaban J connectivity index is 1.65. The smallest absolute Gasteiger partial charge is 0.416 e. The van der Waals surface area contributed by atoms with E-state index in [-0.39, 0.29) is 23.3 Å². The molecule has 10 heteroatoms. The lowest BCUT2D eigenvalue weighted by atomic mass is 10.2. The molecule has 1 fully saturated rings. The van der Waals surface area contributed by atoms with Gasteiger partial charge in [-0.2, -0.15) is 13.2 Å². The molecule has 0 spiro atoms. The molecule has 154 valence electrons. The first kappa shape index (κ1) is 20.8. The Labute approximate surface area is 169 Å². The highest BCUT2D eigenvalue weighted by Gasteiger charge is 2.32. The molecule has 3 amide bonds. The number of urea groups is 1. The molecular weight excluding hydrogens is 411 g/mol. The molecule has 1 heterocycles. The number of nitrogens with one attached hydrogen (secondary N) is 1. The second kappa shape index (κ2) is 8.20. The number of ether oxygens (including phenoxy) is 1. The maximum atomic E-state index is 12.8. The van der Waals surface area contributed by atoms with Gasteiger partial charge in [-0.05, 0) is 42.5 Å². The Morgan fingerprint density at radius 3 is 2.48 bits per heavy atom. The summed E-state index contributed by atoms with van der Waals surface area (Å²) in [6.45, 7) is 0.370. The highest BCUT2D eigenvalue weighted by Crippen LogP contribution is 2.33. The van der Waals surface area contributed by atoms with E-state index in [2.05, 4.69) is 5.32 Å². The van der Waals surface area contributed by atoms with Gasteiger partial charge in [0.2, 0.25) is 5.91 Å². The van der Waals surface area contributed by atoms with Crippen LogP contribution in [0.4, 0.5) is 29.3 Å². The van der Waals surface area contributed by atoms with E-state index in [1.165, 1.54) is 16.9 Å². The standard InChI is InChI=1S/C19H17ClF3N3O3/c1-29-14-5-3-13(4-6-14)26-9-8-25(18(26)28)11-17(27)24-16-10-12(19(21,22)23)2-7-15(16)20/h2-7,10H,8-9,11H2,1H3,(H,24,27). The molecule has 0 aliphatic carbocycles. The quantitative estimate of drug-likeness (QED) is 0.776. The predicted molar refractivity (Wildman–Crippen MR) is 102 cm³/mol. The Morgan fingerprint density at radius 1 is 1.17 bits per heavy atom. The molecule has 1 N–H and O–H groups in total. The van der Waals surface area contributed by atoms with Gasteiger partial charge in [0.25, 0.3) is 0 Å². The van der Waals surface area contributed by atoms with E-state index in [4.69, 9.17) is 16.3 Å². The van der Waals surface area contributed by atoms with Crippen molar-refractivity contribution >= 4 is 34.9 Å². The van der Waals surface area contributed by atoms with E-state index < -0.39 is 17.6 Å². The van der Waals surface area contributed by atoms with Gasteiger partial charge in [-0.15, -0.1) is 0 Å². The lowest BCUT2D eigenvalue weighted by Crippen LogP contribution is -2.37. The van der Waals surface area contributed by atoms with Gasteiger partial charge in [0.1, 0.15) is 12.3 Å². The van der Waals surface area contributed by atoms with Crippen LogP contribution in [0, 0.1) is 0 Å². The third-order valence-electron chi connectivity index (χ3n) is 4.38. The maximum Gasteiger partial charge on any atom is 0.416 e. The third-order valence-corrected chi connectivity index (χ3v) is 4.71. The van der Waals surface area contributed by atoms with Crippen molar-refractivity contribution in [3.63, 3.8) is 0 Å². The second-order valence-corrected chi connectivity index (χ2v) is 6.70.